The van der Waals surface area contributed by atoms with Crippen molar-refractivity contribution < 1.29 is 9.90 Å². The van der Waals surface area contributed by atoms with Gasteiger partial charge < -0.3 is 10.4 Å². The third kappa shape index (κ3) is 3.46. The average molecular weight is 329 g/mol. The van der Waals surface area contributed by atoms with E-state index in [-0.39, 0.29) is 18.6 Å². The molecule has 1 amide bonds. The summed E-state index contributed by atoms with van der Waals surface area (Å²) in [7, 11) is 0. The van der Waals surface area contributed by atoms with Crippen LogP contribution in [0.3, 0.4) is 0 Å². The summed E-state index contributed by atoms with van der Waals surface area (Å²) in [4.78, 5) is 13.0. The molecular formula is C17H23N5O2. The molecule has 0 saturated heterocycles. The Morgan fingerprint density at radius 3 is 2.62 bits per heavy atom. The van der Waals surface area contributed by atoms with Crippen LogP contribution in [0, 0.1) is 0 Å². The zero-order valence-electron chi connectivity index (χ0n) is 13.6. The maximum absolute atomic E-state index is 13.0. The molecule has 1 aliphatic carbocycles. The molecule has 0 aliphatic heterocycles. The van der Waals surface area contributed by atoms with Gasteiger partial charge in [0.1, 0.15) is 11.9 Å². The normalized spacial score (nSPS) is 18.0. The van der Waals surface area contributed by atoms with Crippen molar-refractivity contribution in [3.05, 3.63) is 42.2 Å². The van der Waals surface area contributed by atoms with E-state index in [1.165, 1.54) is 6.33 Å². The van der Waals surface area contributed by atoms with Crippen LogP contribution in [0.2, 0.25) is 0 Å². The predicted octanol–water partition coefficient (Wildman–Crippen LogP) is 1.05. The second kappa shape index (κ2) is 7.53. The molecule has 1 heterocycles. The number of benzene rings is 1. The highest BCUT2D eigenvalue weighted by molar-refractivity contribution is 5.84. The number of aromatic nitrogens is 4. The van der Waals surface area contributed by atoms with E-state index in [9.17, 15) is 9.90 Å². The van der Waals surface area contributed by atoms with Crippen LogP contribution in [-0.4, -0.2) is 43.9 Å². The van der Waals surface area contributed by atoms with Crippen LogP contribution in [0.5, 0.6) is 0 Å². The van der Waals surface area contributed by atoms with Crippen LogP contribution in [0.25, 0.3) is 0 Å². The number of nitrogens with zero attached hydrogens (tertiary/aromatic N) is 4. The van der Waals surface area contributed by atoms with E-state index in [4.69, 9.17) is 0 Å². The molecule has 0 radical (unpaired) electrons. The molecule has 3 rings (SSSR count). The first-order chi connectivity index (χ1) is 11.7. The number of carbonyl (C=O) groups is 1. The SMILES string of the molecule is O=C(N[C@H](CO)Cc1ccccc1)C1(n2cnnn2)CCCCC1. The number of nitrogens with one attached hydrogen (secondary N) is 1. The maximum Gasteiger partial charge on any atom is 0.248 e. The summed E-state index contributed by atoms with van der Waals surface area (Å²) in [6.07, 6.45) is 6.58. The van der Waals surface area contributed by atoms with E-state index >= 15 is 0 Å². The topological polar surface area (TPSA) is 92.9 Å². The number of aliphatic hydroxyl groups excluding tert-OH is 1. The quantitative estimate of drug-likeness (QED) is 0.826. The first-order valence-corrected chi connectivity index (χ1v) is 8.44. The first kappa shape index (κ1) is 16.6. The molecule has 7 heteroatoms. The lowest BCUT2D eigenvalue weighted by Crippen LogP contribution is -2.54. The highest BCUT2D eigenvalue weighted by Crippen LogP contribution is 2.34. The van der Waals surface area contributed by atoms with Gasteiger partial charge in [-0.3, -0.25) is 4.79 Å². The first-order valence-electron chi connectivity index (χ1n) is 8.44. The smallest absolute Gasteiger partial charge is 0.248 e. The highest BCUT2D eigenvalue weighted by atomic mass is 16.3. The molecule has 1 aliphatic rings. The van der Waals surface area contributed by atoms with E-state index in [1.54, 1.807) is 4.68 Å². The summed E-state index contributed by atoms with van der Waals surface area (Å²) in [5, 5.41) is 24.1. The van der Waals surface area contributed by atoms with Crippen LogP contribution < -0.4 is 5.32 Å². The Hall–Kier alpha value is -2.28. The predicted molar refractivity (Wildman–Crippen MR) is 88.0 cm³/mol. The molecule has 1 saturated carbocycles. The number of carbonyl (C=O) groups excluding carboxylic acids is 1. The van der Waals surface area contributed by atoms with E-state index in [0.717, 1.165) is 24.8 Å². The average Bonchev–Trinajstić information content (AvgIpc) is 3.17. The van der Waals surface area contributed by atoms with Crippen molar-refractivity contribution in [1.29, 1.82) is 0 Å². The van der Waals surface area contributed by atoms with E-state index in [2.05, 4.69) is 20.8 Å². The molecule has 0 unspecified atom stereocenters. The van der Waals surface area contributed by atoms with Crippen LogP contribution in [0.1, 0.15) is 37.7 Å². The van der Waals surface area contributed by atoms with Crippen LogP contribution in [0.4, 0.5) is 0 Å². The van der Waals surface area contributed by atoms with Crippen LogP contribution in [0.15, 0.2) is 36.7 Å². The van der Waals surface area contributed by atoms with Gasteiger partial charge in [0.25, 0.3) is 0 Å². The van der Waals surface area contributed by atoms with E-state index < -0.39 is 5.54 Å². The Kier molecular flexibility index (Phi) is 5.20. The Balaban J connectivity index is 1.75. The lowest BCUT2D eigenvalue weighted by Gasteiger charge is -2.36. The standard InChI is InChI=1S/C17H23N5O2/c23-12-15(11-14-7-3-1-4-8-14)19-16(24)17(9-5-2-6-10-17)22-13-18-20-21-22/h1,3-4,7-8,13,15,23H,2,5-6,9-12H2,(H,19,24)/t15-/m0/s1. The van der Waals surface area contributed by atoms with Gasteiger partial charge in [-0.15, -0.1) is 5.10 Å². The third-order valence-corrected chi connectivity index (χ3v) is 4.77. The van der Waals surface area contributed by atoms with Gasteiger partial charge in [-0.25, -0.2) is 4.68 Å². The van der Waals surface area contributed by atoms with Crippen LogP contribution in [-0.2, 0) is 16.8 Å². The van der Waals surface area contributed by atoms with Gasteiger partial charge in [0.05, 0.1) is 12.6 Å². The molecule has 1 atom stereocenters. The fourth-order valence-corrected chi connectivity index (χ4v) is 3.43. The molecule has 24 heavy (non-hydrogen) atoms. The summed E-state index contributed by atoms with van der Waals surface area (Å²) in [6, 6.07) is 9.52. The lowest BCUT2D eigenvalue weighted by molar-refractivity contribution is -0.133. The number of tetrazole rings is 1. The van der Waals surface area contributed by atoms with Gasteiger partial charge in [-0.2, -0.15) is 0 Å². The Bertz CT molecular complexity index is 638. The minimum absolute atomic E-state index is 0.105. The highest BCUT2D eigenvalue weighted by Gasteiger charge is 2.43. The van der Waals surface area contributed by atoms with Gasteiger partial charge in [0, 0.05) is 0 Å². The van der Waals surface area contributed by atoms with Crippen molar-refractivity contribution >= 4 is 5.91 Å². The van der Waals surface area contributed by atoms with Crippen molar-refractivity contribution in [2.75, 3.05) is 6.61 Å². The van der Waals surface area contributed by atoms with Gasteiger partial charge in [-0.05, 0) is 35.3 Å². The van der Waals surface area contributed by atoms with E-state index in [0.29, 0.717) is 19.3 Å². The molecule has 2 aromatic rings. The minimum Gasteiger partial charge on any atom is -0.394 e. The molecule has 1 aromatic heterocycles. The molecule has 0 bridgehead atoms. The number of hydrogen-bond acceptors (Lipinski definition) is 5. The van der Waals surface area contributed by atoms with Crippen molar-refractivity contribution in [2.45, 2.75) is 50.1 Å². The van der Waals surface area contributed by atoms with E-state index in [1.807, 2.05) is 30.3 Å². The second-order valence-electron chi connectivity index (χ2n) is 6.39. The van der Waals surface area contributed by atoms with Gasteiger partial charge >= 0.3 is 0 Å². The third-order valence-electron chi connectivity index (χ3n) is 4.77. The zero-order chi connectivity index (χ0) is 16.8. The summed E-state index contributed by atoms with van der Waals surface area (Å²) in [5.74, 6) is -0.107. The van der Waals surface area contributed by atoms with Crippen molar-refractivity contribution in [2.24, 2.45) is 0 Å². The summed E-state index contributed by atoms with van der Waals surface area (Å²) in [6.45, 7) is -0.105. The van der Waals surface area contributed by atoms with Gasteiger partial charge in [-0.1, -0.05) is 49.6 Å². The molecule has 1 aromatic carbocycles. The van der Waals surface area contributed by atoms with Gasteiger partial charge in [0.15, 0.2) is 0 Å². The molecular weight excluding hydrogens is 306 g/mol. The molecule has 1 fully saturated rings. The number of aliphatic hydroxyl groups is 1. The van der Waals surface area contributed by atoms with Crippen molar-refractivity contribution in [1.82, 2.24) is 25.5 Å². The Morgan fingerprint density at radius 1 is 1.25 bits per heavy atom. The number of rotatable bonds is 6. The molecule has 0 spiro atoms. The molecule has 128 valence electrons. The number of hydrogen-bond donors (Lipinski definition) is 2. The van der Waals surface area contributed by atoms with Crippen molar-refractivity contribution in [3.63, 3.8) is 0 Å². The maximum atomic E-state index is 13.0. The Morgan fingerprint density at radius 2 is 2.00 bits per heavy atom. The van der Waals surface area contributed by atoms with Crippen LogP contribution >= 0.6 is 0 Å². The summed E-state index contributed by atoms with van der Waals surface area (Å²) in [5.41, 5.74) is 0.336. The number of amides is 1. The monoisotopic (exact) mass is 329 g/mol. The second-order valence-corrected chi connectivity index (χ2v) is 6.39. The fraction of sp³-hybridized carbons (Fsp3) is 0.529. The Labute approximate surface area is 141 Å². The molecule has 2 N–H and O–H groups in total. The summed E-state index contributed by atoms with van der Waals surface area (Å²) >= 11 is 0. The zero-order valence-corrected chi connectivity index (χ0v) is 13.6. The lowest BCUT2D eigenvalue weighted by atomic mass is 9.80. The minimum atomic E-state index is -0.744. The van der Waals surface area contributed by atoms with Crippen molar-refractivity contribution in [3.8, 4) is 0 Å². The summed E-state index contributed by atoms with van der Waals surface area (Å²) < 4.78 is 1.58. The van der Waals surface area contributed by atoms with Gasteiger partial charge in [0.2, 0.25) is 5.91 Å². The fourth-order valence-electron chi connectivity index (χ4n) is 3.43. The molecule has 7 nitrogen and oxygen atoms in total. The largest absolute Gasteiger partial charge is 0.394 e.